The number of hydrogen-bond acceptors (Lipinski definition) is 8. The maximum absolute atomic E-state index is 13.7. The van der Waals surface area contributed by atoms with Gasteiger partial charge in [0, 0.05) is 58.8 Å². The number of aryl methyl sites for hydroxylation is 2. The van der Waals surface area contributed by atoms with Crippen LogP contribution in [-0.2, 0) is 18.2 Å². The van der Waals surface area contributed by atoms with E-state index in [2.05, 4.69) is 17.1 Å². The van der Waals surface area contributed by atoms with Gasteiger partial charge in [-0.05, 0) is 26.0 Å². The average Bonchev–Trinajstić information content (AvgIpc) is 3.54. The number of piperazine rings is 1. The molecule has 1 aromatic carbocycles. The normalized spacial score (nSPS) is 16.3. The highest BCUT2D eigenvalue weighted by molar-refractivity contribution is 5.97. The van der Waals surface area contributed by atoms with E-state index in [1.54, 1.807) is 14.4 Å². The molecule has 0 radical (unpaired) electrons. The van der Waals surface area contributed by atoms with Crippen LogP contribution in [0.15, 0.2) is 24.3 Å². The number of fused-ring (bicyclic) bond motifs is 2. The van der Waals surface area contributed by atoms with Crippen LogP contribution in [0.2, 0.25) is 0 Å². The molecule has 0 unspecified atom stereocenters. The van der Waals surface area contributed by atoms with Crippen LogP contribution in [0.3, 0.4) is 0 Å². The van der Waals surface area contributed by atoms with Crippen LogP contribution >= 0.6 is 0 Å². The average molecular weight is 561 g/mol. The van der Waals surface area contributed by atoms with Crippen molar-refractivity contribution in [2.24, 2.45) is 7.05 Å². The van der Waals surface area contributed by atoms with E-state index < -0.39 is 0 Å². The minimum absolute atomic E-state index is 0.0579. The highest BCUT2D eigenvalue weighted by atomic mass is 16.5. The standard InChI is InChI=1S/C28H36N10O3/c1-5-21-30-19-8-6-7-9-20(19)38(21)27-32-23-22(24(33-27)35-14-16-41-17-15-35)31-25(34(23)4)26(39)36-10-12-37(13-11-36)28(40)29-18(2)3/h6-9,18H,5,10-17H2,1-4H3,(H,29,40). The number of amides is 3. The van der Waals surface area contributed by atoms with Gasteiger partial charge in [0.25, 0.3) is 5.91 Å². The Morgan fingerprint density at radius 1 is 0.951 bits per heavy atom. The molecule has 216 valence electrons. The van der Waals surface area contributed by atoms with E-state index in [0.717, 1.165) is 16.9 Å². The number of nitrogens with zero attached hydrogens (tertiary/aromatic N) is 9. The molecule has 0 spiro atoms. The van der Waals surface area contributed by atoms with Gasteiger partial charge in [0.2, 0.25) is 11.8 Å². The molecule has 0 atom stereocenters. The Morgan fingerprint density at radius 3 is 2.37 bits per heavy atom. The highest BCUT2D eigenvalue weighted by Crippen LogP contribution is 2.29. The summed E-state index contributed by atoms with van der Waals surface area (Å²) in [6.07, 6.45) is 0.708. The largest absolute Gasteiger partial charge is 0.378 e. The second kappa shape index (κ2) is 11.0. The summed E-state index contributed by atoms with van der Waals surface area (Å²) in [5.41, 5.74) is 2.96. The van der Waals surface area contributed by atoms with Crippen LogP contribution in [0.25, 0.3) is 28.1 Å². The zero-order chi connectivity index (χ0) is 28.7. The smallest absolute Gasteiger partial charge is 0.317 e. The molecule has 13 heteroatoms. The predicted molar refractivity (Wildman–Crippen MR) is 154 cm³/mol. The number of rotatable bonds is 5. The summed E-state index contributed by atoms with van der Waals surface area (Å²) in [4.78, 5) is 51.5. The number of benzene rings is 1. The second-order valence-corrected chi connectivity index (χ2v) is 10.7. The quantitative estimate of drug-likeness (QED) is 0.393. The second-order valence-electron chi connectivity index (χ2n) is 10.7. The monoisotopic (exact) mass is 560 g/mol. The molecule has 6 rings (SSSR count). The van der Waals surface area contributed by atoms with E-state index in [9.17, 15) is 9.59 Å². The van der Waals surface area contributed by atoms with Crippen molar-refractivity contribution in [3.63, 3.8) is 0 Å². The van der Waals surface area contributed by atoms with Crippen molar-refractivity contribution < 1.29 is 14.3 Å². The zero-order valence-corrected chi connectivity index (χ0v) is 24.0. The molecule has 3 amide bonds. The Bertz CT molecular complexity index is 1600. The SMILES string of the molecule is CCc1nc2ccccc2n1-c1nc(N2CCOCC2)c2nc(C(=O)N3CCN(C(=O)NC(C)C)CC3)n(C)c2n1. The number of morpholine rings is 1. The van der Waals surface area contributed by atoms with E-state index in [4.69, 9.17) is 24.7 Å². The molecule has 2 aliphatic rings. The first-order chi connectivity index (χ1) is 19.9. The highest BCUT2D eigenvalue weighted by Gasteiger charge is 2.30. The lowest BCUT2D eigenvalue weighted by atomic mass is 10.3. The number of anilines is 1. The molecule has 0 bridgehead atoms. The number of aromatic nitrogens is 6. The summed E-state index contributed by atoms with van der Waals surface area (Å²) in [6.45, 7) is 10.2. The summed E-state index contributed by atoms with van der Waals surface area (Å²) in [5.74, 6) is 2.14. The fourth-order valence-electron chi connectivity index (χ4n) is 5.45. The number of para-hydroxylation sites is 2. The Labute approximate surface area is 238 Å². The third-order valence-electron chi connectivity index (χ3n) is 7.60. The number of carbonyl (C=O) groups excluding carboxylic acids is 2. The molecule has 41 heavy (non-hydrogen) atoms. The first-order valence-electron chi connectivity index (χ1n) is 14.2. The van der Waals surface area contributed by atoms with E-state index >= 15 is 0 Å². The molecule has 13 nitrogen and oxygen atoms in total. The lowest BCUT2D eigenvalue weighted by Gasteiger charge is -2.34. The van der Waals surface area contributed by atoms with Gasteiger partial charge in [0.1, 0.15) is 5.82 Å². The molecule has 4 aromatic rings. The molecule has 3 aromatic heterocycles. The number of carbonyl (C=O) groups is 2. The third kappa shape index (κ3) is 4.94. The van der Waals surface area contributed by atoms with Crippen molar-refractivity contribution in [2.45, 2.75) is 33.2 Å². The Kier molecular flexibility index (Phi) is 7.20. The van der Waals surface area contributed by atoms with Crippen LogP contribution in [0, 0.1) is 0 Å². The van der Waals surface area contributed by atoms with E-state index in [0.29, 0.717) is 87.7 Å². The van der Waals surface area contributed by atoms with Crippen LogP contribution in [0.1, 0.15) is 37.2 Å². The van der Waals surface area contributed by atoms with Crippen molar-refractivity contribution in [3.05, 3.63) is 35.9 Å². The summed E-state index contributed by atoms with van der Waals surface area (Å²) in [7, 11) is 1.82. The van der Waals surface area contributed by atoms with E-state index in [-0.39, 0.29) is 18.0 Å². The van der Waals surface area contributed by atoms with Crippen LogP contribution < -0.4 is 10.2 Å². The summed E-state index contributed by atoms with van der Waals surface area (Å²) >= 11 is 0. The summed E-state index contributed by atoms with van der Waals surface area (Å²) < 4.78 is 9.36. The van der Waals surface area contributed by atoms with Crippen molar-refractivity contribution >= 4 is 40.0 Å². The van der Waals surface area contributed by atoms with Crippen molar-refractivity contribution in [1.82, 2.24) is 44.2 Å². The Balaban J connectivity index is 1.39. The summed E-state index contributed by atoms with van der Waals surface area (Å²) in [5, 5.41) is 2.92. The predicted octanol–water partition coefficient (Wildman–Crippen LogP) is 1.98. The van der Waals surface area contributed by atoms with Crippen LogP contribution in [0.4, 0.5) is 10.6 Å². The molecule has 1 N–H and O–H groups in total. The first-order valence-corrected chi connectivity index (χ1v) is 14.2. The van der Waals surface area contributed by atoms with Gasteiger partial charge >= 0.3 is 6.03 Å². The van der Waals surface area contributed by atoms with Gasteiger partial charge in [-0.25, -0.2) is 14.8 Å². The fraction of sp³-hybridized carbons (Fsp3) is 0.500. The minimum Gasteiger partial charge on any atom is -0.378 e. The van der Waals surface area contributed by atoms with E-state index in [1.807, 2.05) is 49.7 Å². The van der Waals surface area contributed by atoms with Gasteiger partial charge in [-0.2, -0.15) is 9.97 Å². The van der Waals surface area contributed by atoms with Gasteiger partial charge in [0.05, 0.1) is 24.2 Å². The topological polar surface area (TPSA) is 127 Å². The number of urea groups is 1. The maximum Gasteiger partial charge on any atom is 0.317 e. The molecule has 2 fully saturated rings. The third-order valence-corrected chi connectivity index (χ3v) is 7.60. The number of imidazole rings is 2. The van der Waals surface area contributed by atoms with Crippen molar-refractivity contribution in [2.75, 3.05) is 57.4 Å². The van der Waals surface area contributed by atoms with Gasteiger partial charge in [-0.1, -0.05) is 19.1 Å². The molecule has 2 aliphatic heterocycles. The molecular weight excluding hydrogens is 524 g/mol. The van der Waals surface area contributed by atoms with Crippen molar-refractivity contribution in [1.29, 1.82) is 0 Å². The van der Waals surface area contributed by atoms with Crippen LogP contribution in [0.5, 0.6) is 0 Å². The van der Waals surface area contributed by atoms with E-state index in [1.165, 1.54) is 0 Å². The van der Waals surface area contributed by atoms with Gasteiger partial charge in [0.15, 0.2) is 17.0 Å². The molecular formula is C28H36N10O3. The number of ether oxygens (including phenoxy) is 1. The number of nitrogens with one attached hydrogen (secondary N) is 1. The van der Waals surface area contributed by atoms with Gasteiger partial charge in [-0.3, -0.25) is 9.36 Å². The van der Waals surface area contributed by atoms with Gasteiger partial charge in [-0.15, -0.1) is 0 Å². The fourth-order valence-corrected chi connectivity index (χ4v) is 5.45. The number of hydrogen-bond donors (Lipinski definition) is 1. The maximum atomic E-state index is 13.7. The molecule has 0 aliphatic carbocycles. The Morgan fingerprint density at radius 2 is 1.66 bits per heavy atom. The zero-order valence-electron chi connectivity index (χ0n) is 24.0. The lowest BCUT2D eigenvalue weighted by molar-refractivity contribution is 0.0649. The van der Waals surface area contributed by atoms with Crippen molar-refractivity contribution in [3.8, 4) is 5.95 Å². The van der Waals surface area contributed by atoms with Gasteiger partial charge < -0.3 is 29.3 Å². The molecule has 0 saturated carbocycles. The molecule has 2 saturated heterocycles. The summed E-state index contributed by atoms with van der Waals surface area (Å²) in [6, 6.07) is 7.91. The Hall–Kier alpha value is -4.26. The molecule has 5 heterocycles. The lowest BCUT2D eigenvalue weighted by Crippen LogP contribution is -2.54. The first kappa shape index (κ1) is 26.9. The van der Waals surface area contributed by atoms with Crippen LogP contribution in [-0.4, -0.2) is 109 Å². The minimum atomic E-state index is -0.189.